The van der Waals surface area contributed by atoms with Crippen molar-refractivity contribution < 1.29 is 4.74 Å². The van der Waals surface area contributed by atoms with Crippen molar-refractivity contribution in [3.05, 3.63) is 28.2 Å². The lowest BCUT2D eigenvalue weighted by atomic mass is 10.00. The van der Waals surface area contributed by atoms with Gasteiger partial charge in [-0.2, -0.15) is 0 Å². The van der Waals surface area contributed by atoms with Gasteiger partial charge in [-0.15, -0.1) is 0 Å². The van der Waals surface area contributed by atoms with Crippen LogP contribution in [0.15, 0.2) is 22.7 Å². The highest BCUT2D eigenvalue weighted by atomic mass is 79.9. The molecule has 1 atom stereocenters. The van der Waals surface area contributed by atoms with Crippen molar-refractivity contribution in [1.82, 2.24) is 5.32 Å². The lowest BCUT2D eigenvalue weighted by Gasteiger charge is -2.20. The zero-order valence-electron chi connectivity index (χ0n) is 13.0. The van der Waals surface area contributed by atoms with Gasteiger partial charge in [-0.25, -0.2) is 0 Å². The summed E-state index contributed by atoms with van der Waals surface area (Å²) in [6, 6.07) is 6.76. The first-order valence-corrected chi connectivity index (χ1v) is 8.67. The normalized spacial score (nSPS) is 12.4. The van der Waals surface area contributed by atoms with Crippen molar-refractivity contribution in [2.75, 3.05) is 13.2 Å². The van der Waals surface area contributed by atoms with Crippen LogP contribution in [0.3, 0.4) is 0 Å². The maximum Gasteiger partial charge on any atom is 0.120 e. The van der Waals surface area contributed by atoms with Gasteiger partial charge in [0, 0.05) is 10.5 Å². The second-order valence-electron chi connectivity index (χ2n) is 5.08. The molecule has 0 radical (unpaired) electrons. The van der Waals surface area contributed by atoms with Crippen molar-refractivity contribution in [3.8, 4) is 5.75 Å². The molecule has 1 rings (SSSR count). The second-order valence-corrected chi connectivity index (χ2v) is 5.93. The van der Waals surface area contributed by atoms with Crippen molar-refractivity contribution in [1.29, 1.82) is 0 Å². The maximum atomic E-state index is 5.54. The van der Waals surface area contributed by atoms with Crippen LogP contribution in [0.2, 0.25) is 0 Å². The molecular formula is C17H28BrNO. The summed E-state index contributed by atoms with van der Waals surface area (Å²) >= 11 is 3.69. The Kier molecular flexibility index (Phi) is 8.95. The number of ether oxygens (including phenoxy) is 1. The fourth-order valence-electron chi connectivity index (χ4n) is 2.44. The summed E-state index contributed by atoms with van der Waals surface area (Å²) in [6.07, 6.45) is 6.43. The molecule has 0 amide bonds. The van der Waals surface area contributed by atoms with Gasteiger partial charge in [0.05, 0.1) is 6.61 Å². The molecule has 1 aromatic rings. The van der Waals surface area contributed by atoms with Crippen LogP contribution in [0.4, 0.5) is 0 Å². The summed E-state index contributed by atoms with van der Waals surface area (Å²) in [7, 11) is 0. The van der Waals surface area contributed by atoms with E-state index in [1.165, 1.54) is 37.7 Å². The SMILES string of the molecule is CCCCCCC(NCC)c1ccc(OCC)cc1Br. The molecular weight excluding hydrogens is 314 g/mol. The molecule has 0 spiro atoms. The van der Waals surface area contributed by atoms with Crippen molar-refractivity contribution in [2.24, 2.45) is 0 Å². The van der Waals surface area contributed by atoms with E-state index in [1.807, 2.05) is 6.92 Å². The summed E-state index contributed by atoms with van der Waals surface area (Å²) in [4.78, 5) is 0. The third-order valence-corrected chi connectivity index (χ3v) is 4.14. The molecule has 0 fully saturated rings. The van der Waals surface area contributed by atoms with Gasteiger partial charge < -0.3 is 10.1 Å². The number of benzene rings is 1. The maximum absolute atomic E-state index is 5.54. The fourth-order valence-corrected chi connectivity index (χ4v) is 3.07. The third kappa shape index (κ3) is 5.84. The Labute approximate surface area is 132 Å². The van der Waals surface area contributed by atoms with Gasteiger partial charge in [0.25, 0.3) is 0 Å². The van der Waals surface area contributed by atoms with Crippen molar-refractivity contribution in [2.45, 2.75) is 58.9 Å². The second kappa shape index (κ2) is 10.2. The standard InChI is InChI=1S/C17H28BrNO/c1-4-7-8-9-10-17(19-5-2)15-12-11-14(20-6-3)13-16(15)18/h11-13,17,19H,4-10H2,1-3H3. The first-order valence-electron chi connectivity index (χ1n) is 7.88. The molecule has 3 heteroatoms. The van der Waals surface area contributed by atoms with E-state index in [1.54, 1.807) is 0 Å². The average Bonchev–Trinajstić information content (AvgIpc) is 2.43. The van der Waals surface area contributed by atoms with E-state index in [9.17, 15) is 0 Å². The highest BCUT2D eigenvalue weighted by Crippen LogP contribution is 2.30. The van der Waals surface area contributed by atoms with Gasteiger partial charge in [-0.05, 0) is 37.6 Å². The smallest absolute Gasteiger partial charge is 0.120 e. The molecule has 0 aliphatic heterocycles. The lowest BCUT2D eigenvalue weighted by Crippen LogP contribution is -2.21. The molecule has 114 valence electrons. The van der Waals surface area contributed by atoms with Gasteiger partial charge >= 0.3 is 0 Å². The van der Waals surface area contributed by atoms with Crippen LogP contribution in [0, 0.1) is 0 Å². The molecule has 0 aliphatic carbocycles. The Morgan fingerprint density at radius 2 is 1.95 bits per heavy atom. The molecule has 0 heterocycles. The Balaban J connectivity index is 2.69. The minimum absolute atomic E-state index is 0.432. The van der Waals surface area contributed by atoms with E-state index < -0.39 is 0 Å². The van der Waals surface area contributed by atoms with Crippen LogP contribution >= 0.6 is 15.9 Å². The van der Waals surface area contributed by atoms with Gasteiger partial charge in [0.15, 0.2) is 0 Å². The molecule has 1 aromatic carbocycles. The van der Waals surface area contributed by atoms with Gasteiger partial charge in [-0.1, -0.05) is 61.5 Å². The number of halogens is 1. The highest BCUT2D eigenvalue weighted by Gasteiger charge is 2.13. The Morgan fingerprint density at radius 1 is 1.15 bits per heavy atom. The zero-order valence-corrected chi connectivity index (χ0v) is 14.6. The number of hydrogen-bond donors (Lipinski definition) is 1. The van der Waals surface area contributed by atoms with E-state index in [-0.39, 0.29) is 0 Å². The van der Waals surface area contributed by atoms with Crippen LogP contribution in [-0.4, -0.2) is 13.2 Å². The third-order valence-electron chi connectivity index (χ3n) is 3.46. The fraction of sp³-hybridized carbons (Fsp3) is 0.647. The Hall–Kier alpha value is -0.540. The lowest BCUT2D eigenvalue weighted by molar-refractivity contribution is 0.339. The van der Waals surface area contributed by atoms with Crippen LogP contribution in [0.25, 0.3) is 0 Å². The topological polar surface area (TPSA) is 21.3 Å². The van der Waals surface area contributed by atoms with Gasteiger partial charge in [0.1, 0.15) is 5.75 Å². The molecule has 1 unspecified atom stereocenters. The largest absolute Gasteiger partial charge is 0.494 e. The highest BCUT2D eigenvalue weighted by molar-refractivity contribution is 9.10. The molecule has 0 saturated heterocycles. The molecule has 20 heavy (non-hydrogen) atoms. The minimum atomic E-state index is 0.432. The number of rotatable bonds is 10. The molecule has 0 bridgehead atoms. The Bertz CT molecular complexity index is 381. The van der Waals surface area contributed by atoms with E-state index in [4.69, 9.17) is 4.74 Å². The predicted molar refractivity (Wildman–Crippen MR) is 90.5 cm³/mol. The summed E-state index contributed by atoms with van der Waals surface area (Å²) in [5.41, 5.74) is 1.34. The number of unbranched alkanes of at least 4 members (excludes halogenated alkanes) is 3. The molecule has 0 aliphatic rings. The first-order chi connectivity index (χ1) is 9.72. The van der Waals surface area contributed by atoms with Crippen molar-refractivity contribution >= 4 is 15.9 Å². The minimum Gasteiger partial charge on any atom is -0.494 e. The monoisotopic (exact) mass is 341 g/mol. The van der Waals surface area contributed by atoms with E-state index in [0.29, 0.717) is 12.6 Å². The average molecular weight is 342 g/mol. The van der Waals surface area contributed by atoms with Gasteiger partial charge in [0.2, 0.25) is 0 Å². The summed E-state index contributed by atoms with van der Waals surface area (Å²) in [5, 5.41) is 3.60. The quantitative estimate of drug-likeness (QED) is 0.569. The van der Waals surface area contributed by atoms with Crippen molar-refractivity contribution in [3.63, 3.8) is 0 Å². The molecule has 1 N–H and O–H groups in total. The summed E-state index contributed by atoms with van der Waals surface area (Å²) < 4.78 is 6.69. The summed E-state index contributed by atoms with van der Waals surface area (Å²) in [5.74, 6) is 0.935. The van der Waals surface area contributed by atoms with E-state index >= 15 is 0 Å². The van der Waals surface area contributed by atoms with E-state index in [2.05, 4.69) is 53.3 Å². The number of hydrogen-bond acceptors (Lipinski definition) is 2. The zero-order chi connectivity index (χ0) is 14.8. The van der Waals surface area contributed by atoms with Crippen LogP contribution < -0.4 is 10.1 Å². The van der Waals surface area contributed by atoms with Crippen LogP contribution in [0.5, 0.6) is 5.75 Å². The van der Waals surface area contributed by atoms with E-state index in [0.717, 1.165) is 16.8 Å². The van der Waals surface area contributed by atoms with Crippen LogP contribution in [-0.2, 0) is 0 Å². The predicted octanol–water partition coefficient (Wildman–Crippen LogP) is 5.47. The van der Waals surface area contributed by atoms with Crippen LogP contribution in [0.1, 0.15) is 64.5 Å². The molecule has 0 saturated carbocycles. The number of nitrogens with one attached hydrogen (secondary N) is 1. The van der Waals surface area contributed by atoms with Gasteiger partial charge in [-0.3, -0.25) is 0 Å². The molecule has 2 nitrogen and oxygen atoms in total. The first kappa shape index (κ1) is 17.5. The summed E-state index contributed by atoms with van der Waals surface area (Å²) in [6.45, 7) is 8.14. The molecule has 0 aromatic heterocycles. The Morgan fingerprint density at radius 3 is 2.55 bits per heavy atom.